The first-order valence-corrected chi connectivity index (χ1v) is 7.20. The summed E-state index contributed by atoms with van der Waals surface area (Å²) in [4.78, 5) is 10.3. The Morgan fingerprint density at radius 2 is 1.89 bits per heavy atom. The van der Waals surface area contributed by atoms with Crippen LogP contribution in [-0.4, -0.2) is 17.0 Å². The van der Waals surface area contributed by atoms with Crippen molar-refractivity contribution in [2.75, 3.05) is 12.4 Å². The van der Waals surface area contributed by atoms with E-state index in [0.29, 0.717) is 0 Å². The third-order valence-corrected chi connectivity index (χ3v) is 3.89. The van der Waals surface area contributed by atoms with Gasteiger partial charge in [-0.25, -0.2) is 9.97 Å². The van der Waals surface area contributed by atoms with Gasteiger partial charge in [0.25, 0.3) is 0 Å². The lowest BCUT2D eigenvalue weighted by Crippen LogP contribution is -2.02. The molecular formula is C15H15N3S. The van der Waals surface area contributed by atoms with Gasteiger partial charge in [-0.15, -0.1) is 11.3 Å². The van der Waals surface area contributed by atoms with Gasteiger partial charge in [-0.2, -0.15) is 0 Å². The Bertz CT molecular complexity index is 676. The molecule has 0 spiro atoms. The van der Waals surface area contributed by atoms with Crippen LogP contribution in [-0.2, 0) is 12.8 Å². The topological polar surface area (TPSA) is 37.8 Å². The summed E-state index contributed by atoms with van der Waals surface area (Å²) in [6.45, 7) is 0. The maximum Gasteiger partial charge on any atom is 0.138 e. The Morgan fingerprint density at radius 3 is 2.68 bits per heavy atom. The van der Waals surface area contributed by atoms with Crippen LogP contribution < -0.4 is 5.32 Å². The molecule has 96 valence electrons. The molecule has 4 heteroatoms. The number of nitrogens with zero attached hydrogens (tertiary/aromatic N) is 2. The fourth-order valence-corrected chi connectivity index (χ4v) is 2.89. The van der Waals surface area contributed by atoms with E-state index < -0.39 is 0 Å². The van der Waals surface area contributed by atoms with E-state index in [9.17, 15) is 0 Å². The van der Waals surface area contributed by atoms with Gasteiger partial charge < -0.3 is 5.32 Å². The summed E-state index contributed by atoms with van der Waals surface area (Å²) < 4.78 is 0. The molecule has 0 aliphatic heterocycles. The number of hydrogen-bond acceptors (Lipinski definition) is 4. The number of aryl methyl sites for hydroxylation is 2. The minimum Gasteiger partial charge on any atom is -0.372 e. The predicted molar refractivity (Wildman–Crippen MR) is 80.8 cm³/mol. The maximum absolute atomic E-state index is 4.63. The van der Waals surface area contributed by atoms with Crippen molar-refractivity contribution in [3.63, 3.8) is 0 Å². The summed E-state index contributed by atoms with van der Waals surface area (Å²) in [5.74, 6) is 1.83. The summed E-state index contributed by atoms with van der Waals surface area (Å²) in [6.07, 6.45) is 1.84. The Morgan fingerprint density at radius 1 is 1.05 bits per heavy atom. The van der Waals surface area contributed by atoms with E-state index >= 15 is 0 Å². The molecule has 3 rings (SSSR count). The summed E-state index contributed by atoms with van der Waals surface area (Å²) >= 11 is 1.66. The highest BCUT2D eigenvalue weighted by molar-refractivity contribution is 7.16. The van der Waals surface area contributed by atoms with Gasteiger partial charge in [0.1, 0.15) is 16.5 Å². The minimum atomic E-state index is 0.868. The van der Waals surface area contributed by atoms with Gasteiger partial charge in [0.15, 0.2) is 0 Å². The number of thiophene rings is 1. The Balaban J connectivity index is 1.85. The number of nitrogens with one attached hydrogen (secondary N) is 1. The average Bonchev–Trinajstić information content (AvgIpc) is 2.93. The minimum absolute atomic E-state index is 0.868. The summed E-state index contributed by atoms with van der Waals surface area (Å²) in [5, 5.41) is 6.31. The van der Waals surface area contributed by atoms with Crippen molar-refractivity contribution in [1.82, 2.24) is 9.97 Å². The molecule has 2 heterocycles. The molecule has 0 saturated heterocycles. The van der Waals surface area contributed by atoms with Crippen molar-refractivity contribution >= 4 is 27.4 Å². The monoisotopic (exact) mass is 269 g/mol. The van der Waals surface area contributed by atoms with E-state index in [1.807, 2.05) is 13.1 Å². The van der Waals surface area contributed by atoms with Crippen LogP contribution in [0, 0.1) is 0 Å². The summed E-state index contributed by atoms with van der Waals surface area (Å²) in [6, 6.07) is 12.5. The summed E-state index contributed by atoms with van der Waals surface area (Å²) in [5.41, 5.74) is 1.32. The number of rotatable bonds is 4. The third kappa shape index (κ3) is 2.58. The van der Waals surface area contributed by atoms with Crippen LogP contribution in [0.25, 0.3) is 10.2 Å². The van der Waals surface area contributed by atoms with E-state index in [4.69, 9.17) is 0 Å². The molecule has 0 fully saturated rings. The van der Waals surface area contributed by atoms with E-state index in [1.165, 1.54) is 5.56 Å². The zero-order valence-electron chi connectivity index (χ0n) is 10.8. The highest BCUT2D eigenvalue weighted by atomic mass is 32.1. The fraction of sp³-hybridized carbons (Fsp3) is 0.200. The van der Waals surface area contributed by atoms with Gasteiger partial charge >= 0.3 is 0 Å². The second kappa shape index (κ2) is 5.36. The Labute approximate surface area is 116 Å². The zero-order valence-corrected chi connectivity index (χ0v) is 11.6. The molecule has 0 amide bonds. The normalized spacial score (nSPS) is 10.8. The van der Waals surface area contributed by atoms with Gasteiger partial charge in [0, 0.05) is 13.5 Å². The van der Waals surface area contributed by atoms with E-state index in [-0.39, 0.29) is 0 Å². The predicted octanol–water partition coefficient (Wildman–Crippen LogP) is 3.52. The van der Waals surface area contributed by atoms with Gasteiger partial charge in [0.05, 0.1) is 5.39 Å². The number of hydrogen-bond donors (Lipinski definition) is 1. The smallest absolute Gasteiger partial charge is 0.138 e. The lowest BCUT2D eigenvalue weighted by atomic mass is 10.1. The van der Waals surface area contributed by atoms with Crippen molar-refractivity contribution in [3.05, 3.63) is 53.2 Å². The Kier molecular flexibility index (Phi) is 3.42. The maximum atomic E-state index is 4.63. The molecule has 0 radical (unpaired) electrons. The van der Waals surface area contributed by atoms with Crippen LogP contribution >= 0.6 is 11.3 Å². The van der Waals surface area contributed by atoms with Gasteiger partial charge in [-0.3, -0.25) is 0 Å². The van der Waals surface area contributed by atoms with E-state index in [1.54, 1.807) is 11.3 Å². The van der Waals surface area contributed by atoms with E-state index in [2.05, 4.69) is 51.0 Å². The second-order valence-corrected chi connectivity index (χ2v) is 5.26. The SMILES string of the molecule is CNc1nc(CCc2ccccc2)nc2sccc12. The van der Waals surface area contributed by atoms with Gasteiger partial charge in [0.2, 0.25) is 0 Å². The van der Waals surface area contributed by atoms with Crippen LogP contribution in [0.1, 0.15) is 11.4 Å². The molecule has 1 N–H and O–H groups in total. The first-order valence-electron chi connectivity index (χ1n) is 6.32. The standard InChI is InChI=1S/C15H15N3S/c1-16-14-12-9-10-19-15(12)18-13(17-14)8-7-11-5-3-2-4-6-11/h2-6,9-10H,7-8H2,1H3,(H,16,17,18). The fourth-order valence-electron chi connectivity index (χ4n) is 2.10. The van der Waals surface area contributed by atoms with Crippen LogP contribution in [0.5, 0.6) is 0 Å². The number of benzene rings is 1. The molecular weight excluding hydrogens is 254 g/mol. The molecule has 0 aliphatic carbocycles. The third-order valence-electron chi connectivity index (χ3n) is 3.09. The van der Waals surface area contributed by atoms with Crippen molar-refractivity contribution in [3.8, 4) is 0 Å². The quantitative estimate of drug-likeness (QED) is 0.787. The van der Waals surface area contributed by atoms with Crippen molar-refractivity contribution in [1.29, 1.82) is 0 Å². The van der Waals surface area contributed by atoms with Crippen molar-refractivity contribution in [2.24, 2.45) is 0 Å². The molecule has 2 aromatic heterocycles. The highest BCUT2D eigenvalue weighted by Gasteiger charge is 2.07. The van der Waals surface area contributed by atoms with Crippen LogP contribution in [0.15, 0.2) is 41.8 Å². The zero-order chi connectivity index (χ0) is 13.1. The van der Waals surface area contributed by atoms with E-state index in [0.717, 1.165) is 34.7 Å². The second-order valence-electron chi connectivity index (χ2n) is 4.36. The molecule has 0 aliphatic rings. The lowest BCUT2D eigenvalue weighted by Gasteiger charge is -2.05. The number of anilines is 1. The molecule has 0 bridgehead atoms. The molecule has 3 aromatic rings. The largest absolute Gasteiger partial charge is 0.372 e. The molecule has 3 nitrogen and oxygen atoms in total. The molecule has 0 unspecified atom stereocenters. The first-order chi connectivity index (χ1) is 9.36. The van der Waals surface area contributed by atoms with Gasteiger partial charge in [-0.1, -0.05) is 30.3 Å². The molecule has 19 heavy (non-hydrogen) atoms. The van der Waals surface area contributed by atoms with Crippen LogP contribution in [0.2, 0.25) is 0 Å². The van der Waals surface area contributed by atoms with Crippen molar-refractivity contribution < 1.29 is 0 Å². The Hall–Kier alpha value is -1.94. The van der Waals surface area contributed by atoms with Crippen LogP contribution in [0.3, 0.4) is 0 Å². The summed E-state index contributed by atoms with van der Waals surface area (Å²) in [7, 11) is 1.90. The molecule has 0 atom stereocenters. The van der Waals surface area contributed by atoms with Crippen molar-refractivity contribution in [2.45, 2.75) is 12.8 Å². The van der Waals surface area contributed by atoms with Crippen LogP contribution in [0.4, 0.5) is 5.82 Å². The number of fused-ring (bicyclic) bond motifs is 1. The highest BCUT2D eigenvalue weighted by Crippen LogP contribution is 2.24. The lowest BCUT2D eigenvalue weighted by molar-refractivity contribution is 0.873. The number of aromatic nitrogens is 2. The average molecular weight is 269 g/mol. The van der Waals surface area contributed by atoms with Gasteiger partial charge in [-0.05, 0) is 23.4 Å². The first kappa shape index (κ1) is 12.1. The molecule has 0 saturated carbocycles. The molecule has 1 aromatic carbocycles.